The van der Waals surface area contributed by atoms with Crippen molar-refractivity contribution in [3.05, 3.63) is 28.9 Å². The molecule has 1 amide bonds. The first-order chi connectivity index (χ1) is 14.4. The number of carbonyl (C=O) groups is 1. The zero-order valence-corrected chi connectivity index (χ0v) is 19.5. The summed E-state index contributed by atoms with van der Waals surface area (Å²) >= 11 is 6.73. The van der Waals surface area contributed by atoms with Gasteiger partial charge in [0.1, 0.15) is 6.04 Å². The maximum absolute atomic E-state index is 13.1. The van der Waals surface area contributed by atoms with Crippen LogP contribution in [0, 0.1) is 5.92 Å². The number of aromatic nitrogens is 1. The SMILES string of the molecule is CCCCCCn1cc2c3c(c(Cl)ccc31)N(C)[C@@H](C(C)C)C(=O)N[C@H](CO)CC2. The van der Waals surface area contributed by atoms with Crippen LogP contribution in [0.4, 0.5) is 5.69 Å². The van der Waals surface area contributed by atoms with Crippen molar-refractivity contribution in [3.63, 3.8) is 0 Å². The van der Waals surface area contributed by atoms with Gasteiger partial charge in [0.05, 0.1) is 28.9 Å². The lowest BCUT2D eigenvalue weighted by Gasteiger charge is -2.35. The first-order valence-electron chi connectivity index (χ1n) is 11.3. The van der Waals surface area contributed by atoms with Gasteiger partial charge in [-0.15, -0.1) is 0 Å². The molecule has 1 aromatic carbocycles. The number of aliphatic hydroxyl groups excluding tert-OH is 1. The molecule has 6 heteroatoms. The Morgan fingerprint density at radius 2 is 2.03 bits per heavy atom. The Labute approximate surface area is 185 Å². The van der Waals surface area contributed by atoms with E-state index in [0.717, 1.165) is 30.5 Å². The van der Waals surface area contributed by atoms with E-state index in [1.54, 1.807) is 0 Å². The van der Waals surface area contributed by atoms with Gasteiger partial charge >= 0.3 is 0 Å². The third-order valence-electron chi connectivity index (χ3n) is 6.30. The van der Waals surface area contributed by atoms with E-state index in [1.165, 1.54) is 30.3 Å². The number of unbranched alkanes of at least 4 members (excludes halogenated alkanes) is 3. The highest BCUT2D eigenvalue weighted by atomic mass is 35.5. The topological polar surface area (TPSA) is 57.5 Å². The Hall–Kier alpha value is -1.72. The van der Waals surface area contributed by atoms with Crippen molar-refractivity contribution in [2.24, 2.45) is 5.92 Å². The minimum atomic E-state index is -0.360. The number of anilines is 1. The molecule has 1 aromatic heterocycles. The summed E-state index contributed by atoms with van der Waals surface area (Å²) in [6, 6.07) is 3.47. The molecule has 0 fully saturated rings. The number of rotatable bonds is 7. The van der Waals surface area contributed by atoms with Gasteiger partial charge < -0.3 is 19.9 Å². The lowest BCUT2D eigenvalue weighted by atomic mass is 9.96. The molecular weight excluding hydrogens is 398 g/mol. The maximum atomic E-state index is 13.1. The summed E-state index contributed by atoms with van der Waals surface area (Å²) in [6.45, 7) is 7.26. The van der Waals surface area contributed by atoms with E-state index in [2.05, 4.69) is 29.1 Å². The van der Waals surface area contributed by atoms with Crippen LogP contribution in [0.5, 0.6) is 0 Å². The molecule has 0 unspecified atom stereocenters. The minimum Gasteiger partial charge on any atom is -0.394 e. The van der Waals surface area contributed by atoms with E-state index in [-0.39, 0.29) is 30.5 Å². The van der Waals surface area contributed by atoms with Crippen LogP contribution < -0.4 is 10.2 Å². The minimum absolute atomic E-state index is 0.0520. The third kappa shape index (κ3) is 4.62. The number of hydrogen-bond acceptors (Lipinski definition) is 3. The molecule has 0 bridgehead atoms. The average Bonchev–Trinajstić information content (AvgIpc) is 3.05. The molecule has 3 rings (SSSR count). The van der Waals surface area contributed by atoms with E-state index in [9.17, 15) is 9.90 Å². The van der Waals surface area contributed by atoms with Crippen LogP contribution in [0.2, 0.25) is 5.02 Å². The second kappa shape index (κ2) is 10.1. The van der Waals surface area contributed by atoms with Gasteiger partial charge in [0.25, 0.3) is 0 Å². The van der Waals surface area contributed by atoms with Crippen LogP contribution in [0.15, 0.2) is 18.3 Å². The number of nitrogens with one attached hydrogen (secondary N) is 1. The Morgan fingerprint density at radius 3 is 2.70 bits per heavy atom. The fourth-order valence-corrected chi connectivity index (χ4v) is 5.04. The maximum Gasteiger partial charge on any atom is 0.243 e. The second-order valence-corrected chi connectivity index (χ2v) is 9.33. The molecule has 0 aliphatic carbocycles. The van der Waals surface area contributed by atoms with E-state index < -0.39 is 0 Å². The molecule has 0 saturated carbocycles. The van der Waals surface area contributed by atoms with Gasteiger partial charge in [0.15, 0.2) is 0 Å². The lowest BCUT2D eigenvalue weighted by Crippen LogP contribution is -2.52. The zero-order valence-electron chi connectivity index (χ0n) is 18.7. The van der Waals surface area contributed by atoms with Gasteiger partial charge in [-0.3, -0.25) is 4.79 Å². The molecule has 2 heterocycles. The molecule has 0 spiro atoms. The monoisotopic (exact) mass is 433 g/mol. The van der Waals surface area contributed by atoms with Crippen LogP contribution in [0.3, 0.4) is 0 Å². The summed E-state index contributed by atoms with van der Waals surface area (Å²) in [5, 5.41) is 14.7. The number of nitrogens with zero attached hydrogens (tertiary/aromatic N) is 2. The molecule has 2 atom stereocenters. The number of aryl methyl sites for hydroxylation is 2. The van der Waals surface area contributed by atoms with E-state index >= 15 is 0 Å². The van der Waals surface area contributed by atoms with Crippen molar-refractivity contribution < 1.29 is 9.90 Å². The van der Waals surface area contributed by atoms with Crippen molar-refractivity contribution in [1.29, 1.82) is 0 Å². The van der Waals surface area contributed by atoms with Crippen LogP contribution in [0.25, 0.3) is 10.9 Å². The summed E-state index contributed by atoms with van der Waals surface area (Å²) in [5.74, 6) is 0.0433. The predicted molar refractivity (Wildman–Crippen MR) is 125 cm³/mol. The van der Waals surface area contributed by atoms with Crippen LogP contribution in [-0.2, 0) is 17.8 Å². The third-order valence-corrected chi connectivity index (χ3v) is 6.61. The number of halogens is 1. The first kappa shape index (κ1) is 23.0. The molecule has 0 radical (unpaired) electrons. The Balaban J connectivity index is 2.13. The second-order valence-electron chi connectivity index (χ2n) is 8.93. The summed E-state index contributed by atoms with van der Waals surface area (Å²) in [4.78, 5) is 15.1. The van der Waals surface area contributed by atoms with Gasteiger partial charge in [-0.2, -0.15) is 0 Å². The fourth-order valence-electron chi connectivity index (χ4n) is 4.75. The number of amides is 1. The lowest BCUT2D eigenvalue weighted by molar-refractivity contribution is -0.124. The highest BCUT2D eigenvalue weighted by molar-refractivity contribution is 6.35. The Kier molecular flexibility index (Phi) is 7.70. The van der Waals surface area contributed by atoms with Crippen molar-refractivity contribution in [1.82, 2.24) is 9.88 Å². The van der Waals surface area contributed by atoms with E-state index in [1.807, 2.05) is 31.9 Å². The number of hydrogen-bond donors (Lipinski definition) is 2. The molecular formula is C24H36ClN3O2. The molecule has 166 valence electrons. The summed E-state index contributed by atoms with van der Waals surface area (Å²) in [6.07, 6.45) is 8.61. The largest absolute Gasteiger partial charge is 0.394 e. The predicted octanol–water partition coefficient (Wildman–Crippen LogP) is 4.76. The van der Waals surface area contributed by atoms with E-state index in [0.29, 0.717) is 11.4 Å². The zero-order chi connectivity index (χ0) is 21.8. The van der Waals surface area contributed by atoms with E-state index in [4.69, 9.17) is 11.6 Å². The molecule has 1 aliphatic rings. The van der Waals surface area contributed by atoms with Crippen LogP contribution in [0.1, 0.15) is 58.4 Å². The summed E-state index contributed by atoms with van der Waals surface area (Å²) in [7, 11) is 1.96. The molecule has 2 aromatic rings. The normalized spacial score (nSPS) is 20.1. The average molecular weight is 434 g/mol. The summed E-state index contributed by atoms with van der Waals surface area (Å²) in [5.41, 5.74) is 3.35. The van der Waals surface area contributed by atoms with Gasteiger partial charge in [0, 0.05) is 25.2 Å². The van der Waals surface area contributed by atoms with Crippen molar-refractivity contribution in [2.45, 2.75) is 77.9 Å². The van der Waals surface area contributed by atoms with Gasteiger partial charge in [0.2, 0.25) is 5.91 Å². The van der Waals surface area contributed by atoms with Gasteiger partial charge in [-0.1, -0.05) is 51.6 Å². The number of aliphatic hydroxyl groups is 1. The Morgan fingerprint density at radius 1 is 1.27 bits per heavy atom. The Bertz CT molecular complexity index is 877. The highest BCUT2D eigenvalue weighted by Gasteiger charge is 2.32. The first-order valence-corrected chi connectivity index (χ1v) is 11.7. The standard InChI is InChI=1S/C24H36ClN3O2/c1-5-6-7-8-13-28-14-17-9-10-18(15-29)26-24(30)22(16(2)3)27(4)23-19(25)11-12-20(28)21(17)23/h11-12,14,16,18,22,29H,5-10,13,15H2,1-4H3,(H,26,30)/t18-,22-/m0/s1. The number of likely N-dealkylation sites (N-methyl/N-ethyl adjacent to an activating group) is 1. The van der Waals surface area contributed by atoms with Gasteiger partial charge in [-0.05, 0) is 42.9 Å². The van der Waals surface area contributed by atoms with Crippen molar-refractivity contribution in [3.8, 4) is 0 Å². The van der Waals surface area contributed by atoms with Crippen molar-refractivity contribution >= 4 is 34.1 Å². The van der Waals surface area contributed by atoms with Crippen LogP contribution in [-0.4, -0.2) is 41.3 Å². The molecule has 1 aliphatic heterocycles. The molecule has 2 N–H and O–H groups in total. The van der Waals surface area contributed by atoms with Crippen molar-refractivity contribution in [2.75, 3.05) is 18.6 Å². The smallest absolute Gasteiger partial charge is 0.243 e. The van der Waals surface area contributed by atoms with Gasteiger partial charge in [-0.25, -0.2) is 0 Å². The molecule has 30 heavy (non-hydrogen) atoms. The quantitative estimate of drug-likeness (QED) is 0.619. The highest BCUT2D eigenvalue weighted by Crippen LogP contribution is 2.40. The molecule has 5 nitrogen and oxygen atoms in total. The number of benzene rings is 1. The van der Waals surface area contributed by atoms with Crippen LogP contribution >= 0.6 is 11.6 Å². The molecule has 0 saturated heterocycles. The fraction of sp³-hybridized carbons (Fsp3) is 0.625. The summed E-state index contributed by atoms with van der Waals surface area (Å²) < 4.78 is 2.35. The number of carbonyl (C=O) groups excluding carboxylic acids is 1.